The van der Waals surface area contributed by atoms with E-state index in [1.807, 2.05) is 0 Å². The maximum absolute atomic E-state index is 12.3. The van der Waals surface area contributed by atoms with Gasteiger partial charge in [-0.1, -0.05) is 13.0 Å². The Labute approximate surface area is 104 Å². The molecule has 102 valence electrons. The summed E-state index contributed by atoms with van der Waals surface area (Å²) in [6.07, 6.45) is -4.20. The first-order valence-electron chi connectivity index (χ1n) is 5.57. The molecule has 1 rings (SSSR count). The largest absolute Gasteiger partial charge is 0.497 e. The Kier molecular flexibility index (Phi) is 4.84. The lowest BCUT2D eigenvalue weighted by Gasteiger charge is -2.22. The van der Waals surface area contributed by atoms with Crippen LogP contribution in [0.15, 0.2) is 18.2 Å². The molecule has 0 bridgehead atoms. The second-order valence-corrected chi connectivity index (χ2v) is 3.98. The van der Waals surface area contributed by atoms with Crippen molar-refractivity contribution >= 4 is 5.69 Å². The normalized spacial score (nSPS) is 11.9. The minimum atomic E-state index is -4.20. The topological polar surface area (TPSA) is 38.5 Å². The SMILES string of the molecule is CCN(Cc1ccc(OC)cc1N)CC(F)(F)F. The van der Waals surface area contributed by atoms with Crippen LogP contribution in [0.3, 0.4) is 0 Å². The lowest BCUT2D eigenvalue weighted by atomic mass is 10.1. The molecule has 0 aliphatic carbocycles. The predicted octanol–water partition coefficient (Wildman–Crippen LogP) is 2.66. The van der Waals surface area contributed by atoms with Crippen LogP contribution in [0.1, 0.15) is 12.5 Å². The van der Waals surface area contributed by atoms with E-state index in [0.29, 0.717) is 23.5 Å². The molecular formula is C12H17F3N2O. The Morgan fingerprint density at radius 2 is 2.00 bits per heavy atom. The van der Waals surface area contributed by atoms with E-state index >= 15 is 0 Å². The fourth-order valence-electron chi connectivity index (χ4n) is 1.62. The Morgan fingerprint density at radius 1 is 1.33 bits per heavy atom. The second-order valence-electron chi connectivity index (χ2n) is 3.98. The summed E-state index contributed by atoms with van der Waals surface area (Å²) < 4.78 is 42.0. The first-order chi connectivity index (χ1) is 8.35. The van der Waals surface area contributed by atoms with E-state index in [1.165, 1.54) is 12.0 Å². The molecule has 0 aromatic heterocycles. The van der Waals surface area contributed by atoms with Gasteiger partial charge in [-0.3, -0.25) is 4.90 Å². The smallest absolute Gasteiger partial charge is 0.401 e. The molecule has 0 saturated carbocycles. The molecule has 0 fully saturated rings. The number of methoxy groups -OCH3 is 1. The van der Waals surface area contributed by atoms with Gasteiger partial charge in [0.1, 0.15) is 5.75 Å². The van der Waals surface area contributed by atoms with Crippen molar-refractivity contribution in [3.63, 3.8) is 0 Å². The fourth-order valence-corrected chi connectivity index (χ4v) is 1.62. The maximum Gasteiger partial charge on any atom is 0.401 e. The summed E-state index contributed by atoms with van der Waals surface area (Å²) in [5, 5.41) is 0. The van der Waals surface area contributed by atoms with Crippen molar-refractivity contribution in [1.29, 1.82) is 0 Å². The molecule has 0 amide bonds. The highest BCUT2D eigenvalue weighted by atomic mass is 19.4. The number of halogens is 3. The Morgan fingerprint density at radius 3 is 2.44 bits per heavy atom. The number of alkyl halides is 3. The van der Waals surface area contributed by atoms with Crippen molar-refractivity contribution in [2.75, 3.05) is 25.9 Å². The minimum absolute atomic E-state index is 0.172. The van der Waals surface area contributed by atoms with Crippen LogP contribution >= 0.6 is 0 Å². The Balaban J connectivity index is 2.76. The van der Waals surface area contributed by atoms with Gasteiger partial charge >= 0.3 is 6.18 Å². The van der Waals surface area contributed by atoms with E-state index in [0.717, 1.165) is 0 Å². The van der Waals surface area contributed by atoms with E-state index in [-0.39, 0.29) is 6.54 Å². The molecular weight excluding hydrogens is 245 g/mol. The fraction of sp³-hybridized carbons (Fsp3) is 0.500. The summed E-state index contributed by atoms with van der Waals surface area (Å²) in [5.41, 5.74) is 6.88. The van der Waals surface area contributed by atoms with Crippen LogP contribution in [0.2, 0.25) is 0 Å². The van der Waals surface area contributed by atoms with Crippen LogP contribution < -0.4 is 10.5 Å². The minimum Gasteiger partial charge on any atom is -0.497 e. The first kappa shape index (κ1) is 14.6. The van der Waals surface area contributed by atoms with Crippen molar-refractivity contribution < 1.29 is 17.9 Å². The van der Waals surface area contributed by atoms with Crippen LogP contribution in [0.5, 0.6) is 5.75 Å². The van der Waals surface area contributed by atoms with Gasteiger partial charge in [0.2, 0.25) is 0 Å². The molecule has 0 spiro atoms. The number of rotatable bonds is 5. The quantitative estimate of drug-likeness (QED) is 0.829. The highest BCUT2D eigenvalue weighted by Crippen LogP contribution is 2.23. The van der Waals surface area contributed by atoms with Gasteiger partial charge in [0.15, 0.2) is 0 Å². The van der Waals surface area contributed by atoms with Crippen LogP contribution in [-0.2, 0) is 6.54 Å². The van der Waals surface area contributed by atoms with Gasteiger partial charge in [-0.05, 0) is 18.2 Å². The van der Waals surface area contributed by atoms with Crippen molar-refractivity contribution in [1.82, 2.24) is 4.90 Å². The van der Waals surface area contributed by atoms with Crippen molar-refractivity contribution in [3.8, 4) is 5.75 Å². The molecule has 0 aliphatic rings. The molecule has 0 atom stereocenters. The molecule has 18 heavy (non-hydrogen) atoms. The highest BCUT2D eigenvalue weighted by Gasteiger charge is 2.30. The molecule has 0 radical (unpaired) electrons. The van der Waals surface area contributed by atoms with E-state index < -0.39 is 12.7 Å². The van der Waals surface area contributed by atoms with Crippen LogP contribution in [0.4, 0.5) is 18.9 Å². The molecule has 0 heterocycles. The average molecular weight is 262 g/mol. The van der Waals surface area contributed by atoms with Crippen molar-refractivity contribution in [2.24, 2.45) is 0 Å². The number of hydrogen-bond acceptors (Lipinski definition) is 3. The third-order valence-electron chi connectivity index (χ3n) is 2.60. The number of ether oxygens (including phenoxy) is 1. The lowest BCUT2D eigenvalue weighted by Crippen LogP contribution is -2.33. The van der Waals surface area contributed by atoms with E-state index in [2.05, 4.69) is 0 Å². The van der Waals surface area contributed by atoms with Gasteiger partial charge in [0.05, 0.1) is 13.7 Å². The Hall–Kier alpha value is -1.43. The van der Waals surface area contributed by atoms with Gasteiger partial charge in [-0.15, -0.1) is 0 Å². The van der Waals surface area contributed by atoms with Crippen LogP contribution in [-0.4, -0.2) is 31.3 Å². The van der Waals surface area contributed by atoms with Gasteiger partial charge in [0, 0.05) is 18.3 Å². The van der Waals surface area contributed by atoms with Crippen molar-refractivity contribution in [3.05, 3.63) is 23.8 Å². The average Bonchev–Trinajstić information content (AvgIpc) is 2.28. The van der Waals surface area contributed by atoms with E-state index in [4.69, 9.17) is 10.5 Å². The van der Waals surface area contributed by atoms with Crippen LogP contribution in [0, 0.1) is 0 Å². The molecule has 0 unspecified atom stereocenters. The molecule has 3 nitrogen and oxygen atoms in total. The number of nitrogens with zero attached hydrogens (tertiary/aromatic N) is 1. The number of nitrogen functional groups attached to an aromatic ring is 1. The van der Waals surface area contributed by atoms with Gasteiger partial charge in [-0.25, -0.2) is 0 Å². The van der Waals surface area contributed by atoms with Crippen molar-refractivity contribution in [2.45, 2.75) is 19.6 Å². The molecule has 1 aromatic carbocycles. The number of anilines is 1. The molecule has 1 aromatic rings. The van der Waals surface area contributed by atoms with E-state index in [9.17, 15) is 13.2 Å². The number of benzene rings is 1. The monoisotopic (exact) mass is 262 g/mol. The third kappa shape index (κ3) is 4.44. The highest BCUT2D eigenvalue weighted by molar-refractivity contribution is 5.51. The lowest BCUT2D eigenvalue weighted by molar-refractivity contribution is -0.146. The number of nitrogens with two attached hydrogens (primary N) is 1. The zero-order valence-electron chi connectivity index (χ0n) is 10.4. The summed E-state index contributed by atoms with van der Waals surface area (Å²) >= 11 is 0. The van der Waals surface area contributed by atoms with Crippen LogP contribution in [0.25, 0.3) is 0 Å². The molecule has 6 heteroatoms. The third-order valence-corrected chi connectivity index (χ3v) is 2.60. The summed E-state index contributed by atoms with van der Waals surface area (Å²) in [4.78, 5) is 1.29. The summed E-state index contributed by atoms with van der Waals surface area (Å²) in [6, 6.07) is 4.98. The van der Waals surface area contributed by atoms with E-state index in [1.54, 1.807) is 25.1 Å². The molecule has 0 saturated heterocycles. The predicted molar refractivity (Wildman–Crippen MR) is 64.4 cm³/mol. The summed E-state index contributed by atoms with van der Waals surface area (Å²) in [5.74, 6) is 0.593. The number of hydrogen-bond donors (Lipinski definition) is 1. The zero-order valence-corrected chi connectivity index (χ0v) is 10.4. The molecule has 2 N–H and O–H groups in total. The Bertz CT molecular complexity index is 393. The van der Waals surface area contributed by atoms with Gasteiger partial charge in [0.25, 0.3) is 0 Å². The van der Waals surface area contributed by atoms with Gasteiger partial charge < -0.3 is 10.5 Å². The standard InChI is InChI=1S/C12H17F3N2O/c1-3-17(8-12(13,14)15)7-9-4-5-10(18-2)6-11(9)16/h4-6H,3,7-8,16H2,1-2H3. The summed E-state index contributed by atoms with van der Waals surface area (Å²) in [6.45, 7) is 1.23. The van der Waals surface area contributed by atoms with Gasteiger partial charge in [-0.2, -0.15) is 13.2 Å². The summed E-state index contributed by atoms with van der Waals surface area (Å²) in [7, 11) is 1.51. The maximum atomic E-state index is 12.3. The second kappa shape index (κ2) is 5.95. The molecule has 0 aliphatic heterocycles. The zero-order chi connectivity index (χ0) is 13.8. The first-order valence-corrected chi connectivity index (χ1v) is 5.57.